The molecule has 0 aromatic carbocycles. The number of allylic oxidation sites excluding steroid dienone is 1. The normalized spacial score (nSPS) is 37.8. The van der Waals surface area contributed by atoms with Crippen molar-refractivity contribution >= 4 is 11.9 Å². The summed E-state index contributed by atoms with van der Waals surface area (Å²) in [6.07, 6.45) is 9.41. The number of anilines is 1. The second-order valence-electron chi connectivity index (χ2n) is 9.74. The summed E-state index contributed by atoms with van der Waals surface area (Å²) in [6.45, 7) is 11.3. The van der Waals surface area contributed by atoms with Crippen molar-refractivity contribution in [3.05, 3.63) is 30.6 Å². The standard InChI is InChI=1S/C23H32N4O2/c1-16-5-3-6-23(2)14-20-17(13-19(16)23)18(21(28)29-20)15-26-9-11-27(12-10-26)22-24-7-4-8-25-22/h4,7-8,17-20H,1,3,5-6,9-15H2,2H3/t17-,18+,19-,20-,23-/m1/s1. The van der Waals surface area contributed by atoms with Gasteiger partial charge in [-0.05, 0) is 49.5 Å². The molecule has 4 aliphatic rings. The number of nitrogens with zero attached hydrogens (tertiary/aromatic N) is 4. The van der Waals surface area contributed by atoms with Crippen molar-refractivity contribution in [3.8, 4) is 0 Å². The van der Waals surface area contributed by atoms with Crippen LogP contribution < -0.4 is 4.90 Å². The Kier molecular flexibility index (Phi) is 4.85. The van der Waals surface area contributed by atoms with E-state index >= 15 is 0 Å². The van der Waals surface area contributed by atoms with E-state index in [2.05, 4.69) is 33.3 Å². The molecule has 1 aromatic rings. The lowest BCUT2D eigenvalue weighted by atomic mass is 9.55. The molecular weight excluding hydrogens is 364 g/mol. The summed E-state index contributed by atoms with van der Waals surface area (Å²) < 4.78 is 5.93. The van der Waals surface area contributed by atoms with Gasteiger partial charge in [-0.1, -0.05) is 19.1 Å². The van der Waals surface area contributed by atoms with Crippen LogP contribution in [-0.2, 0) is 9.53 Å². The smallest absolute Gasteiger partial charge is 0.310 e. The van der Waals surface area contributed by atoms with Gasteiger partial charge in [0.1, 0.15) is 6.10 Å². The van der Waals surface area contributed by atoms with E-state index in [-0.39, 0.29) is 23.4 Å². The van der Waals surface area contributed by atoms with Crippen LogP contribution in [0.15, 0.2) is 30.6 Å². The molecule has 0 amide bonds. The molecule has 2 aliphatic carbocycles. The largest absolute Gasteiger partial charge is 0.462 e. The third-order valence-corrected chi connectivity index (χ3v) is 7.98. The number of esters is 1. The van der Waals surface area contributed by atoms with E-state index in [1.807, 2.05) is 6.07 Å². The van der Waals surface area contributed by atoms with Gasteiger partial charge in [-0.15, -0.1) is 0 Å². The molecule has 6 nitrogen and oxygen atoms in total. The van der Waals surface area contributed by atoms with Crippen molar-refractivity contribution in [2.45, 2.75) is 45.1 Å². The second-order valence-corrected chi connectivity index (χ2v) is 9.74. The van der Waals surface area contributed by atoms with E-state index in [1.54, 1.807) is 12.4 Å². The topological polar surface area (TPSA) is 58.6 Å². The molecular formula is C23H32N4O2. The molecule has 1 aromatic heterocycles. The van der Waals surface area contributed by atoms with E-state index in [9.17, 15) is 4.79 Å². The Hall–Kier alpha value is -1.95. The van der Waals surface area contributed by atoms with Gasteiger partial charge in [0.15, 0.2) is 0 Å². The van der Waals surface area contributed by atoms with Crippen molar-refractivity contribution < 1.29 is 9.53 Å². The highest BCUT2D eigenvalue weighted by molar-refractivity contribution is 5.75. The summed E-state index contributed by atoms with van der Waals surface area (Å²) in [6, 6.07) is 1.85. The zero-order valence-electron chi connectivity index (χ0n) is 17.4. The minimum absolute atomic E-state index is 0.0128. The van der Waals surface area contributed by atoms with Gasteiger partial charge >= 0.3 is 5.97 Å². The number of hydrogen-bond donors (Lipinski definition) is 0. The highest BCUT2D eigenvalue weighted by Gasteiger charge is 2.55. The van der Waals surface area contributed by atoms with Crippen LogP contribution in [0.25, 0.3) is 0 Å². The van der Waals surface area contributed by atoms with E-state index < -0.39 is 0 Å². The maximum atomic E-state index is 12.8. The number of fused-ring (bicyclic) bond motifs is 2. The molecule has 5 rings (SSSR count). The molecule has 156 valence electrons. The van der Waals surface area contributed by atoms with Gasteiger partial charge in [0.2, 0.25) is 5.95 Å². The lowest BCUT2D eigenvalue weighted by Gasteiger charge is -2.50. The first-order valence-corrected chi connectivity index (χ1v) is 11.2. The van der Waals surface area contributed by atoms with Crippen LogP contribution in [0.2, 0.25) is 0 Å². The predicted molar refractivity (Wildman–Crippen MR) is 111 cm³/mol. The number of carbonyl (C=O) groups excluding carboxylic acids is 1. The number of carbonyl (C=O) groups is 1. The zero-order valence-corrected chi connectivity index (χ0v) is 17.4. The number of hydrogen-bond acceptors (Lipinski definition) is 6. The van der Waals surface area contributed by atoms with Gasteiger partial charge in [-0.3, -0.25) is 9.69 Å². The Morgan fingerprint density at radius 1 is 1.24 bits per heavy atom. The molecule has 5 atom stereocenters. The molecule has 29 heavy (non-hydrogen) atoms. The van der Waals surface area contributed by atoms with E-state index in [1.165, 1.54) is 18.4 Å². The highest BCUT2D eigenvalue weighted by Crippen LogP contribution is 2.56. The quantitative estimate of drug-likeness (QED) is 0.578. The van der Waals surface area contributed by atoms with Gasteiger partial charge in [0.25, 0.3) is 0 Å². The SMILES string of the molecule is C=C1CCC[C@]2(C)C[C@H]3OC(=O)[C@@H](CN4CCN(c5ncccn5)CC4)[C@H]3C[C@H]12. The van der Waals surface area contributed by atoms with Crippen LogP contribution >= 0.6 is 0 Å². The minimum Gasteiger partial charge on any atom is -0.462 e. The summed E-state index contributed by atoms with van der Waals surface area (Å²) >= 11 is 0. The molecule has 0 radical (unpaired) electrons. The van der Waals surface area contributed by atoms with Gasteiger partial charge in [-0.25, -0.2) is 9.97 Å². The lowest BCUT2D eigenvalue weighted by Crippen LogP contribution is -2.50. The summed E-state index contributed by atoms with van der Waals surface area (Å²) in [5.74, 6) is 1.75. The van der Waals surface area contributed by atoms with Crippen LogP contribution in [0.1, 0.15) is 39.0 Å². The minimum atomic E-state index is 0.0128. The summed E-state index contributed by atoms with van der Waals surface area (Å²) in [5, 5.41) is 0. The number of ether oxygens (including phenoxy) is 1. The number of rotatable bonds is 3. The fourth-order valence-electron chi connectivity index (χ4n) is 6.33. The van der Waals surface area contributed by atoms with E-state index in [0.29, 0.717) is 11.8 Å². The molecule has 2 saturated heterocycles. The van der Waals surface area contributed by atoms with Crippen molar-refractivity contribution in [1.82, 2.24) is 14.9 Å². The fraction of sp³-hybridized carbons (Fsp3) is 0.696. The molecule has 0 spiro atoms. The van der Waals surface area contributed by atoms with Gasteiger partial charge in [0, 0.05) is 51.0 Å². The number of aromatic nitrogens is 2. The molecule has 0 unspecified atom stereocenters. The predicted octanol–water partition coefficient (Wildman–Crippen LogP) is 2.91. The highest BCUT2D eigenvalue weighted by atomic mass is 16.6. The second kappa shape index (κ2) is 7.38. The molecule has 0 bridgehead atoms. The summed E-state index contributed by atoms with van der Waals surface area (Å²) in [7, 11) is 0. The third-order valence-electron chi connectivity index (χ3n) is 7.98. The molecule has 2 saturated carbocycles. The van der Waals surface area contributed by atoms with Gasteiger partial charge in [0.05, 0.1) is 5.92 Å². The first-order valence-electron chi connectivity index (χ1n) is 11.2. The number of piperazine rings is 1. The van der Waals surface area contributed by atoms with Crippen LogP contribution in [0.3, 0.4) is 0 Å². The van der Waals surface area contributed by atoms with Crippen LogP contribution in [0.4, 0.5) is 5.95 Å². The molecule has 3 heterocycles. The van der Waals surface area contributed by atoms with Crippen LogP contribution in [-0.4, -0.2) is 59.7 Å². The Bertz CT molecular complexity index is 776. The van der Waals surface area contributed by atoms with Crippen molar-refractivity contribution in [3.63, 3.8) is 0 Å². The van der Waals surface area contributed by atoms with Crippen molar-refractivity contribution in [2.24, 2.45) is 23.2 Å². The maximum absolute atomic E-state index is 12.8. The fourth-order valence-corrected chi connectivity index (χ4v) is 6.33. The first-order chi connectivity index (χ1) is 14.0. The van der Waals surface area contributed by atoms with Gasteiger partial charge in [-0.2, -0.15) is 0 Å². The van der Waals surface area contributed by atoms with Crippen molar-refractivity contribution in [1.29, 1.82) is 0 Å². The Labute approximate surface area is 173 Å². The lowest BCUT2D eigenvalue weighted by molar-refractivity contribution is -0.146. The Morgan fingerprint density at radius 2 is 2.00 bits per heavy atom. The zero-order chi connectivity index (χ0) is 20.0. The Morgan fingerprint density at radius 3 is 2.76 bits per heavy atom. The average Bonchev–Trinajstić information content (AvgIpc) is 3.01. The molecule has 6 heteroatoms. The van der Waals surface area contributed by atoms with Crippen LogP contribution in [0.5, 0.6) is 0 Å². The van der Waals surface area contributed by atoms with Crippen molar-refractivity contribution in [2.75, 3.05) is 37.6 Å². The molecule has 4 fully saturated rings. The molecule has 0 N–H and O–H groups in total. The van der Waals surface area contributed by atoms with Crippen LogP contribution in [0, 0.1) is 23.2 Å². The average molecular weight is 397 g/mol. The molecule has 2 aliphatic heterocycles. The monoisotopic (exact) mass is 396 g/mol. The first kappa shape index (κ1) is 19.0. The summed E-state index contributed by atoms with van der Waals surface area (Å²) in [5.41, 5.74) is 1.68. The maximum Gasteiger partial charge on any atom is 0.310 e. The third kappa shape index (κ3) is 3.45. The van der Waals surface area contributed by atoms with Gasteiger partial charge < -0.3 is 9.64 Å². The van der Waals surface area contributed by atoms with E-state index in [0.717, 1.165) is 57.9 Å². The summed E-state index contributed by atoms with van der Waals surface area (Å²) in [4.78, 5) is 26.2. The Balaban J connectivity index is 1.23. The van der Waals surface area contributed by atoms with E-state index in [4.69, 9.17) is 4.74 Å².